The lowest BCUT2D eigenvalue weighted by Crippen LogP contribution is -2.36. The number of fused-ring (bicyclic) bond motifs is 3. The Morgan fingerprint density at radius 2 is 1.79 bits per heavy atom. The Kier molecular flexibility index (Phi) is 4.02. The average Bonchev–Trinajstić information content (AvgIpc) is 3.43. The molecule has 1 saturated carbocycles. The maximum Gasteiger partial charge on any atom is 0.307 e. The Labute approximate surface area is 165 Å². The number of hydrogen-bond donors (Lipinski definition) is 2. The lowest BCUT2D eigenvalue weighted by atomic mass is 9.82. The van der Waals surface area contributed by atoms with E-state index in [4.69, 9.17) is 0 Å². The summed E-state index contributed by atoms with van der Waals surface area (Å²) in [4.78, 5) is 29.0. The topological polar surface area (TPSA) is 79.3 Å². The maximum atomic E-state index is 12.8. The van der Waals surface area contributed by atoms with Gasteiger partial charge in [-0.2, -0.15) is 0 Å². The number of carbonyl (C=O) groups is 2. The Morgan fingerprint density at radius 3 is 2.57 bits per heavy atom. The third kappa shape index (κ3) is 2.81. The molecule has 2 aliphatic rings. The zero-order chi connectivity index (χ0) is 19.3. The molecule has 0 spiro atoms. The van der Waals surface area contributed by atoms with Crippen molar-refractivity contribution in [3.8, 4) is 11.3 Å². The second-order valence-corrected chi connectivity index (χ2v) is 8.29. The van der Waals surface area contributed by atoms with Crippen LogP contribution in [0, 0.1) is 23.7 Å². The number of thiazole rings is 1. The molecule has 1 aromatic heterocycles. The van der Waals surface area contributed by atoms with E-state index in [1.54, 1.807) is 0 Å². The molecule has 2 aliphatic carbocycles. The van der Waals surface area contributed by atoms with Gasteiger partial charge in [-0.3, -0.25) is 9.59 Å². The molecule has 2 aromatic carbocycles. The summed E-state index contributed by atoms with van der Waals surface area (Å²) in [5, 5.41) is 17.1. The molecular weight excluding hydrogens is 372 g/mol. The Morgan fingerprint density at radius 1 is 1.04 bits per heavy atom. The number of nitrogens with one attached hydrogen (secondary N) is 1. The molecule has 140 valence electrons. The number of carbonyl (C=O) groups excluding carboxylic acids is 1. The predicted molar refractivity (Wildman–Crippen MR) is 109 cm³/mol. The van der Waals surface area contributed by atoms with E-state index in [0.717, 1.165) is 23.1 Å². The van der Waals surface area contributed by atoms with Gasteiger partial charge in [-0.25, -0.2) is 4.98 Å². The van der Waals surface area contributed by atoms with Gasteiger partial charge in [0.25, 0.3) is 0 Å². The summed E-state index contributed by atoms with van der Waals surface area (Å²) >= 11 is 1.36. The van der Waals surface area contributed by atoms with Gasteiger partial charge in [0.2, 0.25) is 5.91 Å². The van der Waals surface area contributed by atoms with E-state index in [0.29, 0.717) is 5.13 Å². The number of benzene rings is 2. The van der Waals surface area contributed by atoms with Gasteiger partial charge in [0.15, 0.2) is 5.13 Å². The number of nitrogens with zero attached hydrogens (tertiary/aromatic N) is 1. The summed E-state index contributed by atoms with van der Waals surface area (Å²) in [6, 6.07) is 14.3. The molecule has 6 heteroatoms. The smallest absolute Gasteiger partial charge is 0.307 e. The van der Waals surface area contributed by atoms with Gasteiger partial charge in [-0.05, 0) is 35.1 Å². The van der Waals surface area contributed by atoms with Crippen LogP contribution in [0.15, 0.2) is 60.0 Å². The van der Waals surface area contributed by atoms with Crippen LogP contribution in [0.2, 0.25) is 0 Å². The molecule has 2 N–H and O–H groups in total. The normalized spacial score (nSPS) is 25.3. The number of amides is 1. The van der Waals surface area contributed by atoms with Crippen LogP contribution in [0.3, 0.4) is 0 Å². The van der Waals surface area contributed by atoms with Crippen molar-refractivity contribution in [3.05, 3.63) is 60.0 Å². The van der Waals surface area contributed by atoms with Crippen molar-refractivity contribution >= 4 is 39.1 Å². The molecule has 3 aromatic rings. The summed E-state index contributed by atoms with van der Waals surface area (Å²) in [5.74, 6) is -2.35. The van der Waals surface area contributed by atoms with Gasteiger partial charge >= 0.3 is 5.97 Å². The van der Waals surface area contributed by atoms with E-state index in [-0.39, 0.29) is 17.7 Å². The second-order valence-electron chi connectivity index (χ2n) is 7.43. The lowest BCUT2D eigenvalue weighted by molar-refractivity contribution is -0.146. The molecule has 2 bridgehead atoms. The van der Waals surface area contributed by atoms with Crippen LogP contribution in [0.1, 0.15) is 6.42 Å². The van der Waals surface area contributed by atoms with Crippen LogP contribution in [0.5, 0.6) is 0 Å². The summed E-state index contributed by atoms with van der Waals surface area (Å²) in [5.41, 5.74) is 1.79. The Balaban J connectivity index is 1.37. The van der Waals surface area contributed by atoms with Crippen LogP contribution in [0.25, 0.3) is 22.0 Å². The molecular formula is C22H18N2O3S. The molecule has 0 radical (unpaired) electrons. The fraction of sp³-hybridized carbons (Fsp3) is 0.227. The van der Waals surface area contributed by atoms with E-state index < -0.39 is 17.8 Å². The summed E-state index contributed by atoms with van der Waals surface area (Å²) in [7, 11) is 0. The van der Waals surface area contributed by atoms with E-state index in [9.17, 15) is 14.7 Å². The van der Waals surface area contributed by atoms with Crippen LogP contribution >= 0.6 is 11.3 Å². The number of rotatable bonds is 4. The number of carboxylic acid groups (broad SMARTS) is 1. The van der Waals surface area contributed by atoms with Crippen molar-refractivity contribution in [2.24, 2.45) is 23.7 Å². The van der Waals surface area contributed by atoms with Crippen molar-refractivity contribution < 1.29 is 14.7 Å². The third-order valence-electron chi connectivity index (χ3n) is 5.83. The van der Waals surface area contributed by atoms with Crippen molar-refractivity contribution in [2.75, 3.05) is 5.32 Å². The number of allylic oxidation sites excluding steroid dienone is 2. The first kappa shape index (κ1) is 17.1. The van der Waals surface area contributed by atoms with E-state index in [2.05, 4.69) is 34.6 Å². The fourth-order valence-corrected chi connectivity index (χ4v) is 5.24. The first-order valence-electron chi connectivity index (χ1n) is 9.27. The highest BCUT2D eigenvalue weighted by Gasteiger charge is 2.51. The van der Waals surface area contributed by atoms with Gasteiger partial charge in [0, 0.05) is 10.9 Å². The van der Waals surface area contributed by atoms with Crippen LogP contribution in [0.4, 0.5) is 5.13 Å². The minimum absolute atomic E-state index is 0.00557. The van der Waals surface area contributed by atoms with E-state index in [1.165, 1.54) is 16.7 Å². The number of aromatic nitrogens is 1. The molecule has 5 nitrogen and oxygen atoms in total. The molecule has 0 saturated heterocycles. The first-order chi connectivity index (χ1) is 13.6. The monoisotopic (exact) mass is 390 g/mol. The van der Waals surface area contributed by atoms with Gasteiger partial charge in [0.05, 0.1) is 17.5 Å². The Bertz CT molecular complexity index is 1120. The number of anilines is 1. The molecule has 0 aliphatic heterocycles. The zero-order valence-corrected chi connectivity index (χ0v) is 15.7. The molecule has 1 amide bonds. The summed E-state index contributed by atoms with van der Waals surface area (Å²) in [6.07, 6.45) is 4.67. The molecule has 5 rings (SSSR count). The first-order valence-corrected chi connectivity index (χ1v) is 10.1. The standard InChI is InChI=1S/C22H18N2O3S/c25-20(18-15-7-8-16(10-15)19(18)21(26)27)24-22-23-17(11-28-22)14-6-5-12-3-1-2-4-13(12)9-14/h1-9,11,15-16,18-19H,10H2,(H,26,27)(H,23,24,25)/t15-,16-,18-,19-/m0/s1. The van der Waals surface area contributed by atoms with E-state index >= 15 is 0 Å². The predicted octanol–water partition coefficient (Wildman–Crippen LogP) is 4.42. The van der Waals surface area contributed by atoms with E-state index in [1.807, 2.05) is 35.7 Å². The highest BCUT2D eigenvalue weighted by Crippen LogP contribution is 2.48. The van der Waals surface area contributed by atoms with Crippen molar-refractivity contribution in [2.45, 2.75) is 6.42 Å². The van der Waals surface area contributed by atoms with Gasteiger partial charge in [0.1, 0.15) is 0 Å². The van der Waals surface area contributed by atoms with Gasteiger partial charge in [-0.1, -0.05) is 48.6 Å². The molecule has 1 fully saturated rings. The number of carboxylic acids is 1. The highest BCUT2D eigenvalue weighted by molar-refractivity contribution is 7.14. The van der Waals surface area contributed by atoms with Crippen LogP contribution < -0.4 is 5.32 Å². The van der Waals surface area contributed by atoms with Crippen molar-refractivity contribution in [1.82, 2.24) is 4.98 Å². The summed E-state index contributed by atoms with van der Waals surface area (Å²) < 4.78 is 0. The minimum atomic E-state index is -0.895. The average molecular weight is 390 g/mol. The van der Waals surface area contributed by atoms with Crippen molar-refractivity contribution in [1.29, 1.82) is 0 Å². The summed E-state index contributed by atoms with van der Waals surface area (Å²) in [6.45, 7) is 0. The molecule has 28 heavy (non-hydrogen) atoms. The quantitative estimate of drug-likeness (QED) is 0.646. The number of hydrogen-bond acceptors (Lipinski definition) is 4. The van der Waals surface area contributed by atoms with Crippen LogP contribution in [-0.2, 0) is 9.59 Å². The largest absolute Gasteiger partial charge is 0.481 e. The SMILES string of the molecule is O=C(O)[C@@H]1[C@@H](C(=O)Nc2nc(-c3ccc4ccccc4c3)cs2)[C@H]2C=C[C@H]1C2. The highest BCUT2D eigenvalue weighted by atomic mass is 32.1. The Hall–Kier alpha value is -2.99. The molecule has 4 atom stereocenters. The van der Waals surface area contributed by atoms with Gasteiger partial charge < -0.3 is 10.4 Å². The lowest BCUT2D eigenvalue weighted by Gasteiger charge is -2.23. The molecule has 0 unspecified atom stereocenters. The maximum absolute atomic E-state index is 12.8. The van der Waals surface area contributed by atoms with Gasteiger partial charge in [-0.15, -0.1) is 11.3 Å². The fourth-order valence-electron chi connectivity index (χ4n) is 4.52. The third-order valence-corrected chi connectivity index (χ3v) is 6.58. The minimum Gasteiger partial charge on any atom is -0.481 e. The zero-order valence-electron chi connectivity index (χ0n) is 14.9. The molecule has 1 heterocycles. The van der Waals surface area contributed by atoms with Crippen LogP contribution in [-0.4, -0.2) is 22.0 Å². The van der Waals surface area contributed by atoms with Crippen molar-refractivity contribution in [3.63, 3.8) is 0 Å². The second kappa shape index (κ2) is 6.56. The number of aliphatic carboxylic acids is 1.